The Bertz CT molecular complexity index is 502. The molecule has 1 aromatic rings. The lowest BCUT2D eigenvalue weighted by Crippen LogP contribution is -2.43. The van der Waals surface area contributed by atoms with Gasteiger partial charge in [-0.3, -0.25) is 4.79 Å². The molecule has 5 heteroatoms. The molecule has 0 aliphatic heterocycles. The van der Waals surface area contributed by atoms with Gasteiger partial charge in [-0.05, 0) is 64.5 Å². The van der Waals surface area contributed by atoms with Crippen LogP contribution in [0.1, 0.15) is 46.5 Å². The maximum Gasteiger partial charge on any atom is 0.256 e. The lowest BCUT2D eigenvalue weighted by molar-refractivity contribution is -0.140. The first-order valence-electron chi connectivity index (χ1n) is 9.24. The number of hydrogen-bond acceptors (Lipinski definition) is 4. The standard InChI is InChI=1S/C20H34N2O3/c1-6-13-20(3,25-15-7-2)19(23)21-17-9-11-18(12-10-17)24-16-8-14-22(4)5/h9-12H,6-8,13-16H2,1-5H3,(H,21,23)/t20-/m0/s1. The molecule has 0 aliphatic carbocycles. The number of carbonyl (C=O) groups excluding carboxylic acids is 1. The van der Waals surface area contributed by atoms with Gasteiger partial charge < -0.3 is 19.7 Å². The Hall–Kier alpha value is -1.59. The summed E-state index contributed by atoms with van der Waals surface area (Å²) in [5.74, 6) is 0.720. The second-order valence-corrected chi connectivity index (χ2v) is 6.81. The molecule has 0 unspecified atom stereocenters. The van der Waals surface area contributed by atoms with Crippen LogP contribution in [0.3, 0.4) is 0 Å². The highest BCUT2D eigenvalue weighted by Crippen LogP contribution is 2.22. The number of rotatable bonds is 12. The minimum Gasteiger partial charge on any atom is -0.494 e. The average Bonchev–Trinajstić information content (AvgIpc) is 2.58. The Kier molecular flexibility index (Phi) is 9.53. The van der Waals surface area contributed by atoms with Crippen molar-refractivity contribution in [3.8, 4) is 5.75 Å². The Morgan fingerprint density at radius 2 is 1.80 bits per heavy atom. The first-order chi connectivity index (χ1) is 11.9. The molecule has 142 valence electrons. The van der Waals surface area contributed by atoms with Crippen LogP contribution < -0.4 is 10.1 Å². The van der Waals surface area contributed by atoms with Gasteiger partial charge in [0.25, 0.3) is 5.91 Å². The highest BCUT2D eigenvalue weighted by molar-refractivity contribution is 5.97. The molecule has 0 fully saturated rings. The number of hydrogen-bond donors (Lipinski definition) is 1. The molecule has 1 N–H and O–H groups in total. The maximum atomic E-state index is 12.6. The number of nitrogens with one attached hydrogen (secondary N) is 1. The van der Waals surface area contributed by atoms with E-state index < -0.39 is 5.60 Å². The van der Waals surface area contributed by atoms with Crippen molar-refractivity contribution in [2.45, 2.75) is 52.1 Å². The van der Waals surface area contributed by atoms with Crippen LogP contribution in [0.25, 0.3) is 0 Å². The summed E-state index contributed by atoms with van der Waals surface area (Å²) >= 11 is 0. The molecule has 0 saturated heterocycles. The molecule has 25 heavy (non-hydrogen) atoms. The molecular weight excluding hydrogens is 316 g/mol. The van der Waals surface area contributed by atoms with Crippen LogP contribution in [0.5, 0.6) is 5.75 Å². The number of nitrogens with zero attached hydrogens (tertiary/aromatic N) is 1. The summed E-state index contributed by atoms with van der Waals surface area (Å²) in [6.45, 7) is 8.24. The minimum atomic E-state index is -0.786. The quantitative estimate of drug-likeness (QED) is 0.580. The zero-order valence-corrected chi connectivity index (χ0v) is 16.4. The summed E-state index contributed by atoms with van der Waals surface area (Å²) in [7, 11) is 4.10. The largest absolute Gasteiger partial charge is 0.494 e. The van der Waals surface area contributed by atoms with Crippen molar-refractivity contribution < 1.29 is 14.3 Å². The van der Waals surface area contributed by atoms with Crippen LogP contribution in [-0.4, -0.2) is 50.3 Å². The lowest BCUT2D eigenvalue weighted by Gasteiger charge is -2.28. The van der Waals surface area contributed by atoms with Gasteiger partial charge in [0.05, 0.1) is 6.61 Å². The van der Waals surface area contributed by atoms with E-state index >= 15 is 0 Å². The molecule has 0 saturated carbocycles. The minimum absolute atomic E-state index is 0.0950. The predicted molar refractivity (Wildman–Crippen MR) is 103 cm³/mol. The molecule has 0 aliphatic rings. The van der Waals surface area contributed by atoms with Gasteiger partial charge in [-0.15, -0.1) is 0 Å². The summed E-state index contributed by atoms with van der Waals surface area (Å²) in [6, 6.07) is 7.50. The summed E-state index contributed by atoms with van der Waals surface area (Å²) in [5.41, 5.74) is -0.0281. The van der Waals surface area contributed by atoms with Crippen LogP contribution in [0.15, 0.2) is 24.3 Å². The van der Waals surface area contributed by atoms with E-state index in [1.807, 2.05) is 52.2 Å². The van der Waals surface area contributed by atoms with Crippen LogP contribution in [0, 0.1) is 0 Å². The Morgan fingerprint density at radius 1 is 1.12 bits per heavy atom. The van der Waals surface area contributed by atoms with Crippen LogP contribution >= 0.6 is 0 Å². The molecule has 1 amide bonds. The van der Waals surface area contributed by atoms with E-state index in [0.29, 0.717) is 19.6 Å². The fourth-order valence-corrected chi connectivity index (χ4v) is 2.52. The van der Waals surface area contributed by atoms with Crippen LogP contribution in [-0.2, 0) is 9.53 Å². The van der Waals surface area contributed by atoms with Crippen molar-refractivity contribution in [1.29, 1.82) is 0 Å². The first-order valence-corrected chi connectivity index (χ1v) is 9.24. The SMILES string of the molecule is CCCO[C@@](C)(CCC)C(=O)Nc1ccc(OCCCN(C)C)cc1. The molecule has 1 aromatic carbocycles. The summed E-state index contributed by atoms with van der Waals surface area (Å²) in [6.07, 6.45) is 3.47. The van der Waals surface area contributed by atoms with Gasteiger partial charge in [-0.1, -0.05) is 20.3 Å². The molecule has 0 aromatic heterocycles. The summed E-state index contributed by atoms with van der Waals surface area (Å²) < 4.78 is 11.5. The van der Waals surface area contributed by atoms with Crippen molar-refractivity contribution in [3.63, 3.8) is 0 Å². The molecule has 5 nitrogen and oxygen atoms in total. The van der Waals surface area contributed by atoms with E-state index in [1.54, 1.807) is 0 Å². The highest BCUT2D eigenvalue weighted by Gasteiger charge is 2.33. The second kappa shape index (κ2) is 11.1. The molecule has 0 radical (unpaired) electrons. The van der Waals surface area contributed by atoms with E-state index in [9.17, 15) is 4.79 Å². The third-order valence-electron chi connectivity index (χ3n) is 3.96. The van der Waals surface area contributed by atoms with Gasteiger partial charge in [-0.25, -0.2) is 0 Å². The lowest BCUT2D eigenvalue weighted by atomic mass is 9.99. The van der Waals surface area contributed by atoms with Gasteiger partial charge in [0.1, 0.15) is 11.4 Å². The van der Waals surface area contributed by atoms with Crippen molar-refractivity contribution in [1.82, 2.24) is 4.90 Å². The molecule has 0 heterocycles. The fourth-order valence-electron chi connectivity index (χ4n) is 2.52. The van der Waals surface area contributed by atoms with Crippen molar-refractivity contribution >= 4 is 11.6 Å². The van der Waals surface area contributed by atoms with Crippen molar-refractivity contribution in [2.75, 3.05) is 39.2 Å². The number of anilines is 1. The van der Waals surface area contributed by atoms with E-state index in [1.165, 1.54) is 0 Å². The summed E-state index contributed by atoms with van der Waals surface area (Å²) in [5, 5.41) is 2.96. The number of benzene rings is 1. The summed E-state index contributed by atoms with van der Waals surface area (Å²) in [4.78, 5) is 14.8. The zero-order chi connectivity index (χ0) is 18.7. The third-order valence-corrected chi connectivity index (χ3v) is 3.96. The van der Waals surface area contributed by atoms with Gasteiger partial charge >= 0.3 is 0 Å². The highest BCUT2D eigenvalue weighted by atomic mass is 16.5. The van der Waals surface area contributed by atoms with Gasteiger partial charge in [-0.2, -0.15) is 0 Å². The average molecular weight is 351 g/mol. The molecule has 0 bridgehead atoms. The fraction of sp³-hybridized carbons (Fsp3) is 0.650. The normalized spacial score (nSPS) is 13.5. The molecular formula is C20H34N2O3. The number of ether oxygens (including phenoxy) is 2. The first kappa shape index (κ1) is 21.5. The molecule has 0 spiro atoms. The molecule has 1 rings (SSSR count). The second-order valence-electron chi connectivity index (χ2n) is 6.81. The maximum absolute atomic E-state index is 12.6. The van der Waals surface area contributed by atoms with E-state index in [-0.39, 0.29) is 5.91 Å². The van der Waals surface area contributed by atoms with Gasteiger partial charge in [0.2, 0.25) is 0 Å². The third kappa shape index (κ3) is 7.88. The van der Waals surface area contributed by atoms with Crippen molar-refractivity contribution in [3.05, 3.63) is 24.3 Å². The van der Waals surface area contributed by atoms with E-state index in [4.69, 9.17) is 9.47 Å². The monoisotopic (exact) mass is 350 g/mol. The Balaban J connectivity index is 2.56. The van der Waals surface area contributed by atoms with Crippen molar-refractivity contribution in [2.24, 2.45) is 0 Å². The number of carbonyl (C=O) groups is 1. The van der Waals surface area contributed by atoms with Gasteiger partial charge in [0, 0.05) is 18.8 Å². The molecule has 1 atom stereocenters. The smallest absolute Gasteiger partial charge is 0.256 e. The topological polar surface area (TPSA) is 50.8 Å². The zero-order valence-electron chi connectivity index (χ0n) is 16.4. The van der Waals surface area contributed by atoms with Crippen LogP contribution in [0.4, 0.5) is 5.69 Å². The number of amides is 1. The van der Waals surface area contributed by atoms with Gasteiger partial charge in [0.15, 0.2) is 0 Å². The van der Waals surface area contributed by atoms with Crippen LogP contribution in [0.2, 0.25) is 0 Å². The van der Waals surface area contributed by atoms with E-state index in [2.05, 4.69) is 17.1 Å². The Morgan fingerprint density at radius 3 is 2.36 bits per heavy atom. The Labute approximate surface area is 152 Å². The van der Waals surface area contributed by atoms with E-state index in [0.717, 1.165) is 37.2 Å². The predicted octanol–water partition coefficient (Wildman–Crippen LogP) is 3.94.